The van der Waals surface area contributed by atoms with Crippen molar-refractivity contribution in [2.45, 2.75) is 25.7 Å². The minimum absolute atomic E-state index is 0.0335. The molecule has 2 saturated carbocycles. The maximum absolute atomic E-state index is 13.1. The molecular weight excluding hydrogens is 448 g/mol. The standard InChI is InChI=1S/C27H26N2O6/c1-34-21-8-3-2-7-20(21)28-14-17(12-22(28)30)27(33)35-19-6-4-5-18(13-19)29-25(31)23-15-9-10-16(11-15)24(23)26(29)32/h2-8,13,15-17,23-24H,9-12,14H2,1H3/t15-,16-,17-,23-,24+/m0/s1. The highest BCUT2D eigenvalue weighted by molar-refractivity contribution is 6.22. The number of carbonyl (C=O) groups excluding carboxylic acids is 4. The number of para-hydroxylation sites is 2. The van der Waals surface area contributed by atoms with Crippen LogP contribution in [0.3, 0.4) is 0 Å². The fourth-order valence-electron chi connectivity index (χ4n) is 6.50. The van der Waals surface area contributed by atoms with Gasteiger partial charge in [0.1, 0.15) is 11.5 Å². The van der Waals surface area contributed by atoms with Crippen LogP contribution in [0.2, 0.25) is 0 Å². The number of fused-ring (bicyclic) bond motifs is 5. The largest absolute Gasteiger partial charge is 0.495 e. The number of anilines is 2. The van der Waals surface area contributed by atoms with Gasteiger partial charge in [-0.1, -0.05) is 18.2 Å². The summed E-state index contributed by atoms with van der Waals surface area (Å²) in [5, 5.41) is 0. The van der Waals surface area contributed by atoms with Gasteiger partial charge in [-0.3, -0.25) is 19.2 Å². The number of hydrogen-bond donors (Lipinski definition) is 0. The molecule has 2 saturated heterocycles. The van der Waals surface area contributed by atoms with Crippen LogP contribution >= 0.6 is 0 Å². The van der Waals surface area contributed by atoms with E-state index in [2.05, 4.69) is 0 Å². The topological polar surface area (TPSA) is 93.2 Å². The van der Waals surface area contributed by atoms with E-state index in [0.29, 0.717) is 29.0 Å². The number of esters is 1. The first-order valence-corrected chi connectivity index (χ1v) is 12.1. The van der Waals surface area contributed by atoms with E-state index in [1.54, 1.807) is 36.4 Å². The molecule has 2 aromatic rings. The van der Waals surface area contributed by atoms with Gasteiger partial charge in [0.2, 0.25) is 17.7 Å². The number of carbonyl (C=O) groups is 4. The molecule has 0 radical (unpaired) electrons. The molecule has 2 aliphatic heterocycles. The number of rotatable bonds is 5. The fourth-order valence-corrected chi connectivity index (χ4v) is 6.50. The predicted molar refractivity (Wildman–Crippen MR) is 126 cm³/mol. The summed E-state index contributed by atoms with van der Waals surface area (Å²) < 4.78 is 11.0. The van der Waals surface area contributed by atoms with Crippen molar-refractivity contribution in [2.75, 3.05) is 23.5 Å². The third-order valence-electron chi connectivity index (χ3n) is 8.06. The molecule has 5 atom stereocenters. The molecule has 2 heterocycles. The average Bonchev–Trinajstić information content (AvgIpc) is 3.62. The summed E-state index contributed by atoms with van der Waals surface area (Å²) in [5.41, 5.74) is 1.04. The minimum atomic E-state index is -0.638. The number of hydrogen-bond acceptors (Lipinski definition) is 6. The molecule has 35 heavy (non-hydrogen) atoms. The zero-order valence-corrected chi connectivity index (χ0v) is 19.4. The molecule has 6 rings (SSSR count). The summed E-state index contributed by atoms with van der Waals surface area (Å²) in [5.74, 6) is -0.623. The Hall–Kier alpha value is -3.68. The molecule has 8 heteroatoms. The molecule has 0 aromatic heterocycles. The highest BCUT2D eigenvalue weighted by Crippen LogP contribution is 2.56. The average molecular weight is 475 g/mol. The number of imide groups is 1. The summed E-state index contributed by atoms with van der Waals surface area (Å²) >= 11 is 0. The Balaban J connectivity index is 1.17. The van der Waals surface area contributed by atoms with Crippen molar-refractivity contribution in [1.29, 1.82) is 0 Å². The van der Waals surface area contributed by atoms with E-state index in [-0.39, 0.29) is 48.3 Å². The Morgan fingerprint density at radius 3 is 2.37 bits per heavy atom. The van der Waals surface area contributed by atoms with Crippen LogP contribution in [0.25, 0.3) is 0 Å². The molecule has 180 valence electrons. The van der Waals surface area contributed by atoms with Gasteiger partial charge in [-0.05, 0) is 55.4 Å². The van der Waals surface area contributed by atoms with E-state index in [4.69, 9.17) is 9.47 Å². The van der Waals surface area contributed by atoms with Crippen LogP contribution in [-0.2, 0) is 19.2 Å². The summed E-state index contributed by atoms with van der Waals surface area (Å²) in [4.78, 5) is 54.7. The van der Waals surface area contributed by atoms with Crippen LogP contribution in [0, 0.1) is 29.6 Å². The Morgan fingerprint density at radius 2 is 1.66 bits per heavy atom. The van der Waals surface area contributed by atoms with E-state index in [0.717, 1.165) is 19.3 Å². The monoisotopic (exact) mass is 474 g/mol. The molecular formula is C27H26N2O6. The van der Waals surface area contributed by atoms with Gasteiger partial charge >= 0.3 is 5.97 Å². The number of ether oxygens (including phenoxy) is 2. The molecule has 2 bridgehead atoms. The lowest BCUT2D eigenvalue weighted by molar-refractivity contribution is -0.139. The zero-order chi connectivity index (χ0) is 24.3. The van der Waals surface area contributed by atoms with E-state index in [1.807, 2.05) is 12.1 Å². The third-order valence-corrected chi connectivity index (χ3v) is 8.06. The SMILES string of the molecule is COc1ccccc1N1C[C@@H](C(=O)Oc2cccc(N3C(=O)[C@@H]4[C@H]5CC[C@@H](C5)[C@@H]4C3=O)c2)CC1=O. The van der Waals surface area contributed by atoms with Crippen molar-refractivity contribution in [3.63, 3.8) is 0 Å². The number of amides is 3. The van der Waals surface area contributed by atoms with Gasteiger partial charge < -0.3 is 14.4 Å². The Morgan fingerprint density at radius 1 is 0.943 bits per heavy atom. The van der Waals surface area contributed by atoms with Crippen molar-refractivity contribution >= 4 is 35.1 Å². The van der Waals surface area contributed by atoms with Crippen molar-refractivity contribution in [3.05, 3.63) is 48.5 Å². The van der Waals surface area contributed by atoms with Crippen molar-refractivity contribution in [1.82, 2.24) is 0 Å². The van der Waals surface area contributed by atoms with E-state index < -0.39 is 11.9 Å². The van der Waals surface area contributed by atoms with Crippen LogP contribution in [0.15, 0.2) is 48.5 Å². The Labute approximate surface area is 202 Å². The molecule has 0 spiro atoms. The number of nitrogens with zero attached hydrogens (tertiary/aromatic N) is 2. The second-order valence-electron chi connectivity index (χ2n) is 9.89. The van der Waals surface area contributed by atoms with Crippen molar-refractivity contribution in [2.24, 2.45) is 29.6 Å². The van der Waals surface area contributed by atoms with Crippen LogP contribution < -0.4 is 19.3 Å². The first-order valence-electron chi connectivity index (χ1n) is 12.1. The van der Waals surface area contributed by atoms with Crippen LogP contribution in [0.1, 0.15) is 25.7 Å². The lowest BCUT2D eigenvalue weighted by Gasteiger charge is -2.19. The van der Waals surface area contributed by atoms with Crippen LogP contribution in [0.4, 0.5) is 11.4 Å². The quantitative estimate of drug-likeness (QED) is 0.375. The summed E-state index contributed by atoms with van der Waals surface area (Å²) in [6.07, 6.45) is 3.04. The molecule has 0 unspecified atom stereocenters. The first-order chi connectivity index (χ1) is 17.0. The van der Waals surface area contributed by atoms with Gasteiger partial charge in [0, 0.05) is 19.0 Å². The molecule has 4 fully saturated rings. The van der Waals surface area contributed by atoms with Crippen LogP contribution in [0.5, 0.6) is 11.5 Å². The molecule has 4 aliphatic rings. The second-order valence-corrected chi connectivity index (χ2v) is 9.89. The summed E-state index contributed by atoms with van der Waals surface area (Å²) in [6, 6.07) is 13.7. The predicted octanol–water partition coefficient (Wildman–Crippen LogP) is 3.19. The molecule has 3 amide bonds. The first kappa shape index (κ1) is 21.8. The fraction of sp³-hybridized carbons (Fsp3) is 0.407. The highest BCUT2D eigenvalue weighted by atomic mass is 16.5. The van der Waals surface area contributed by atoms with Gasteiger partial charge in [-0.15, -0.1) is 0 Å². The van der Waals surface area contributed by atoms with Gasteiger partial charge in [-0.25, -0.2) is 4.90 Å². The van der Waals surface area contributed by atoms with Gasteiger partial charge in [-0.2, -0.15) is 0 Å². The van der Waals surface area contributed by atoms with E-state index in [1.165, 1.54) is 16.9 Å². The van der Waals surface area contributed by atoms with Crippen LogP contribution in [-0.4, -0.2) is 37.3 Å². The Kier molecular flexibility index (Phi) is 5.12. The van der Waals surface area contributed by atoms with Gasteiger partial charge in [0.15, 0.2) is 0 Å². The smallest absolute Gasteiger partial charge is 0.316 e. The van der Waals surface area contributed by atoms with Gasteiger partial charge in [0.05, 0.1) is 36.2 Å². The highest BCUT2D eigenvalue weighted by Gasteiger charge is 2.61. The lowest BCUT2D eigenvalue weighted by Crippen LogP contribution is -2.32. The third kappa shape index (κ3) is 3.42. The van der Waals surface area contributed by atoms with E-state index >= 15 is 0 Å². The number of benzene rings is 2. The number of methoxy groups -OCH3 is 1. The molecule has 8 nitrogen and oxygen atoms in total. The Bertz CT molecular complexity index is 1210. The second kappa shape index (κ2) is 8.22. The summed E-state index contributed by atoms with van der Waals surface area (Å²) in [7, 11) is 1.53. The molecule has 2 aromatic carbocycles. The lowest BCUT2D eigenvalue weighted by atomic mass is 9.81. The normalized spacial score (nSPS) is 29.2. The van der Waals surface area contributed by atoms with Crippen molar-refractivity contribution < 1.29 is 28.7 Å². The van der Waals surface area contributed by atoms with Crippen molar-refractivity contribution in [3.8, 4) is 11.5 Å². The van der Waals surface area contributed by atoms with E-state index in [9.17, 15) is 19.2 Å². The zero-order valence-electron chi connectivity index (χ0n) is 19.4. The maximum atomic E-state index is 13.1. The molecule has 2 aliphatic carbocycles. The van der Waals surface area contributed by atoms with Gasteiger partial charge in [0.25, 0.3) is 0 Å². The summed E-state index contributed by atoms with van der Waals surface area (Å²) in [6.45, 7) is 0.187. The molecule has 0 N–H and O–H groups in total. The maximum Gasteiger partial charge on any atom is 0.316 e. The minimum Gasteiger partial charge on any atom is -0.495 e.